The van der Waals surface area contributed by atoms with Crippen molar-refractivity contribution in [2.75, 3.05) is 11.9 Å². The molecule has 1 aromatic carbocycles. The van der Waals surface area contributed by atoms with E-state index in [9.17, 15) is 4.39 Å². The molecule has 1 aromatic heterocycles. The quantitative estimate of drug-likeness (QED) is 0.802. The summed E-state index contributed by atoms with van der Waals surface area (Å²) in [5.74, 6) is 0.385. The van der Waals surface area contributed by atoms with Crippen molar-refractivity contribution in [2.24, 2.45) is 0 Å². The predicted octanol–water partition coefficient (Wildman–Crippen LogP) is 2.06. The van der Waals surface area contributed by atoms with Crippen LogP contribution in [0.3, 0.4) is 0 Å². The van der Waals surface area contributed by atoms with E-state index in [0.717, 1.165) is 24.9 Å². The Morgan fingerprint density at radius 3 is 2.47 bits per heavy atom. The lowest BCUT2D eigenvalue weighted by molar-refractivity contribution is 0.626. The molecule has 0 atom stereocenters. The fourth-order valence-corrected chi connectivity index (χ4v) is 1.47. The third-order valence-corrected chi connectivity index (χ3v) is 2.33. The Balaban J connectivity index is 1.71. The molecule has 0 aliphatic rings. The van der Waals surface area contributed by atoms with Gasteiger partial charge in [-0.05, 0) is 30.5 Å². The van der Waals surface area contributed by atoms with Gasteiger partial charge in [0.15, 0.2) is 0 Å². The predicted molar refractivity (Wildman–Crippen MR) is 63.0 cm³/mol. The van der Waals surface area contributed by atoms with Crippen molar-refractivity contribution in [2.45, 2.75) is 12.8 Å². The standard InChI is InChI=1S/C12H13FN4/c13-11-5-3-10(4-6-11)2-1-7-15-12-16-8-14-9-17-12/h3-6,8-9H,1-2,7H2,(H,14,15,16,17). The van der Waals surface area contributed by atoms with Gasteiger partial charge >= 0.3 is 0 Å². The Bertz CT molecular complexity index is 444. The first-order valence-corrected chi connectivity index (χ1v) is 5.45. The van der Waals surface area contributed by atoms with E-state index in [1.54, 1.807) is 12.1 Å². The van der Waals surface area contributed by atoms with Crippen molar-refractivity contribution in [1.82, 2.24) is 15.0 Å². The van der Waals surface area contributed by atoms with Crippen molar-refractivity contribution in [3.8, 4) is 0 Å². The van der Waals surface area contributed by atoms with Crippen LogP contribution in [0.15, 0.2) is 36.9 Å². The van der Waals surface area contributed by atoms with Gasteiger partial charge in [-0.2, -0.15) is 0 Å². The van der Waals surface area contributed by atoms with Crippen LogP contribution >= 0.6 is 0 Å². The second-order valence-electron chi connectivity index (χ2n) is 3.62. The minimum atomic E-state index is -0.197. The van der Waals surface area contributed by atoms with Gasteiger partial charge in [0.05, 0.1) is 0 Å². The molecule has 0 aliphatic heterocycles. The number of anilines is 1. The number of aromatic nitrogens is 3. The van der Waals surface area contributed by atoms with Crippen LogP contribution in [0, 0.1) is 5.82 Å². The van der Waals surface area contributed by atoms with Crippen LogP contribution in [0.1, 0.15) is 12.0 Å². The molecule has 0 bridgehead atoms. The number of aryl methyl sites for hydroxylation is 1. The number of halogens is 1. The monoisotopic (exact) mass is 232 g/mol. The van der Waals surface area contributed by atoms with Crippen LogP contribution < -0.4 is 5.32 Å². The minimum Gasteiger partial charge on any atom is -0.354 e. The fraction of sp³-hybridized carbons (Fsp3) is 0.250. The van der Waals surface area contributed by atoms with E-state index in [4.69, 9.17) is 0 Å². The summed E-state index contributed by atoms with van der Waals surface area (Å²) in [6, 6.07) is 6.57. The third-order valence-electron chi connectivity index (χ3n) is 2.33. The number of hydrogen-bond donors (Lipinski definition) is 1. The van der Waals surface area contributed by atoms with Crippen molar-refractivity contribution < 1.29 is 4.39 Å². The van der Waals surface area contributed by atoms with E-state index in [2.05, 4.69) is 20.3 Å². The zero-order chi connectivity index (χ0) is 11.9. The molecule has 0 radical (unpaired) electrons. The fourth-order valence-electron chi connectivity index (χ4n) is 1.47. The molecule has 1 N–H and O–H groups in total. The van der Waals surface area contributed by atoms with Gasteiger partial charge in [-0.15, -0.1) is 0 Å². The van der Waals surface area contributed by atoms with Crippen molar-refractivity contribution >= 4 is 5.95 Å². The number of benzene rings is 1. The Kier molecular flexibility index (Phi) is 3.96. The van der Waals surface area contributed by atoms with Gasteiger partial charge in [-0.3, -0.25) is 0 Å². The molecule has 88 valence electrons. The second kappa shape index (κ2) is 5.89. The molecule has 17 heavy (non-hydrogen) atoms. The van der Waals surface area contributed by atoms with Crippen LogP contribution in [0.2, 0.25) is 0 Å². The average molecular weight is 232 g/mol. The summed E-state index contributed by atoms with van der Waals surface area (Å²) < 4.78 is 12.7. The molecule has 0 fully saturated rings. The van der Waals surface area contributed by atoms with E-state index in [1.807, 2.05) is 0 Å². The first kappa shape index (κ1) is 11.4. The summed E-state index contributed by atoms with van der Waals surface area (Å²) in [5.41, 5.74) is 1.13. The zero-order valence-corrected chi connectivity index (χ0v) is 9.31. The largest absolute Gasteiger partial charge is 0.354 e. The van der Waals surface area contributed by atoms with Crippen molar-refractivity contribution in [3.05, 3.63) is 48.3 Å². The number of nitrogens with one attached hydrogen (secondary N) is 1. The van der Waals surface area contributed by atoms with Crippen LogP contribution in [0.4, 0.5) is 10.3 Å². The van der Waals surface area contributed by atoms with Crippen molar-refractivity contribution in [3.63, 3.8) is 0 Å². The van der Waals surface area contributed by atoms with Gasteiger partial charge in [0.1, 0.15) is 18.5 Å². The van der Waals surface area contributed by atoms with Crippen LogP contribution in [-0.2, 0) is 6.42 Å². The minimum absolute atomic E-state index is 0.197. The molecular weight excluding hydrogens is 219 g/mol. The molecule has 0 amide bonds. The summed E-state index contributed by atoms with van der Waals surface area (Å²) in [4.78, 5) is 11.6. The highest BCUT2D eigenvalue weighted by Gasteiger charge is 1.96. The Hall–Kier alpha value is -2.04. The third kappa shape index (κ3) is 3.79. The number of hydrogen-bond acceptors (Lipinski definition) is 4. The smallest absolute Gasteiger partial charge is 0.225 e. The molecule has 1 heterocycles. The lowest BCUT2D eigenvalue weighted by Crippen LogP contribution is -2.06. The molecule has 4 nitrogen and oxygen atoms in total. The maximum absolute atomic E-state index is 12.7. The summed E-state index contributed by atoms with van der Waals surface area (Å²) in [6.45, 7) is 0.779. The Morgan fingerprint density at radius 1 is 1.06 bits per heavy atom. The SMILES string of the molecule is Fc1ccc(CCCNc2ncncn2)cc1. The van der Waals surface area contributed by atoms with E-state index in [0.29, 0.717) is 5.95 Å². The topological polar surface area (TPSA) is 50.7 Å². The summed E-state index contributed by atoms with van der Waals surface area (Å²) in [5, 5.41) is 3.09. The molecule has 0 unspecified atom stereocenters. The molecule has 0 saturated heterocycles. The van der Waals surface area contributed by atoms with E-state index in [-0.39, 0.29) is 5.82 Å². The first-order valence-electron chi connectivity index (χ1n) is 5.45. The van der Waals surface area contributed by atoms with Gasteiger partial charge in [0.2, 0.25) is 5.95 Å². The Morgan fingerprint density at radius 2 is 1.76 bits per heavy atom. The lowest BCUT2D eigenvalue weighted by atomic mass is 10.1. The average Bonchev–Trinajstić information content (AvgIpc) is 2.38. The van der Waals surface area contributed by atoms with E-state index >= 15 is 0 Å². The van der Waals surface area contributed by atoms with Gasteiger partial charge in [-0.1, -0.05) is 12.1 Å². The van der Waals surface area contributed by atoms with Crippen LogP contribution in [-0.4, -0.2) is 21.5 Å². The Labute approximate surface area is 99.0 Å². The highest BCUT2D eigenvalue weighted by Crippen LogP contribution is 2.05. The molecule has 0 spiro atoms. The maximum Gasteiger partial charge on any atom is 0.225 e. The molecular formula is C12H13FN4. The van der Waals surface area contributed by atoms with E-state index in [1.165, 1.54) is 24.8 Å². The molecule has 2 rings (SSSR count). The molecule has 5 heteroatoms. The summed E-state index contributed by atoms with van der Waals surface area (Å²) in [6.07, 6.45) is 4.75. The van der Waals surface area contributed by atoms with Crippen LogP contribution in [0.25, 0.3) is 0 Å². The van der Waals surface area contributed by atoms with Gasteiger partial charge < -0.3 is 5.32 Å². The molecule has 2 aromatic rings. The second-order valence-corrected chi connectivity index (χ2v) is 3.62. The zero-order valence-electron chi connectivity index (χ0n) is 9.31. The van der Waals surface area contributed by atoms with Crippen molar-refractivity contribution in [1.29, 1.82) is 0 Å². The normalized spacial score (nSPS) is 10.2. The summed E-state index contributed by atoms with van der Waals surface area (Å²) >= 11 is 0. The van der Waals surface area contributed by atoms with Crippen LogP contribution in [0.5, 0.6) is 0 Å². The lowest BCUT2D eigenvalue weighted by Gasteiger charge is -2.03. The van der Waals surface area contributed by atoms with Gasteiger partial charge in [-0.25, -0.2) is 19.3 Å². The molecule has 0 saturated carbocycles. The maximum atomic E-state index is 12.7. The van der Waals surface area contributed by atoms with Gasteiger partial charge in [0, 0.05) is 6.54 Å². The van der Waals surface area contributed by atoms with E-state index < -0.39 is 0 Å². The molecule has 0 aliphatic carbocycles. The highest BCUT2D eigenvalue weighted by atomic mass is 19.1. The number of rotatable bonds is 5. The first-order chi connectivity index (χ1) is 8.34. The van der Waals surface area contributed by atoms with Gasteiger partial charge in [0.25, 0.3) is 0 Å². The summed E-state index contributed by atoms with van der Waals surface area (Å²) in [7, 11) is 0. The number of nitrogens with zero attached hydrogens (tertiary/aromatic N) is 3. The highest BCUT2D eigenvalue weighted by molar-refractivity contribution is 5.21.